The van der Waals surface area contributed by atoms with Crippen molar-refractivity contribution >= 4 is 17.7 Å². The molecule has 0 radical (unpaired) electrons. The summed E-state index contributed by atoms with van der Waals surface area (Å²) in [5.74, 6) is 0.437. The summed E-state index contributed by atoms with van der Waals surface area (Å²) in [7, 11) is 0. The molecule has 1 amide bonds. The molecule has 1 unspecified atom stereocenters. The highest BCUT2D eigenvalue weighted by molar-refractivity contribution is 8.00. The lowest BCUT2D eigenvalue weighted by molar-refractivity contribution is -0.121. The highest BCUT2D eigenvalue weighted by Gasteiger charge is 2.33. The van der Waals surface area contributed by atoms with Crippen LogP contribution in [0.15, 0.2) is 0 Å². The summed E-state index contributed by atoms with van der Waals surface area (Å²) in [6.07, 6.45) is 7.79. The van der Waals surface area contributed by atoms with E-state index < -0.39 is 0 Å². The minimum Gasteiger partial charge on any atom is -0.355 e. The Morgan fingerprint density at radius 1 is 1.50 bits per heavy atom. The summed E-state index contributed by atoms with van der Waals surface area (Å²) in [4.78, 5) is 11.7. The van der Waals surface area contributed by atoms with Crippen molar-refractivity contribution in [2.45, 2.75) is 43.8 Å². The van der Waals surface area contributed by atoms with Crippen LogP contribution in [-0.2, 0) is 4.79 Å². The Bertz CT molecular complexity index is 227. The number of hydrogen-bond donors (Lipinski definition) is 2. The minimum absolute atomic E-state index is 0.151. The van der Waals surface area contributed by atoms with Crippen LogP contribution < -0.4 is 11.1 Å². The standard InChI is InChI=1S/C12H24N2OS/c1-10(8-13)7-11(15)14-9-12(16-2)5-3-4-6-12/h10H,3-9,13H2,1-2H3,(H,14,15). The maximum absolute atomic E-state index is 11.7. The summed E-state index contributed by atoms with van der Waals surface area (Å²) < 4.78 is 0.307. The van der Waals surface area contributed by atoms with Crippen molar-refractivity contribution in [2.75, 3.05) is 19.3 Å². The van der Waals surface area contributed by atoms with Gasteiger partial charge in [0.05, 0.1) is 0 Å². The zero-order valence-electron chi connectivity index (χ0n) is 10.4. The zero-order valence-corrected chi connectivity index (χ0v) is 11.2. The average Bonchev–Trinajstić information content (AvgIpc) is 2.75. The molecule has 0 aromatic carbocycles. The Hall–Kier alpha value is -0.220. The van der Waals surface area contributed by atoms with E-state index in [2.05, 4.69) is 11.6 Å². The van der Waals surface area contributed by atoms with Crippen molar-refractivity contribution in [3.63, 3.8) is 0 Å². The van der Waals surface area contributed by atoms with Crippen molar-refractivity contribution in [2.24, 2.45) is 11.7 Å². The Kier molecular flexibility index (Phi) is 5.62. The van der Waals surface area contributed by atoms with Crippen molar-refractivity contribution in [1.29, 1.82) is 0 Å². The van der Waals surface area contributed by atoms with E-state index in [-0.39, 0.29) is 11.8 Å². The largest absolute Gasteiger partial charge is 0.355 e. The molecule has 16 heavy (non-hydrogen) atoms. The SMILES string of the molecule is CSC1(CNC(=O)CC(C)CN)CCCC1. The molecule has 94 valence electrons. The molecule has 0 aliphatic heterocycles. The minimum atomic E-state index is 0.151. The van der Waals surface area contributed by atoms with Gasteiger partial charge in [-0.1, -0.05) is 19.8 Å². The lowest BCUT2D eigenvalue weighted by Crippen LogP contribution is -2.39. The summed E-state index contributed by atoms with van der Waals surface area (Å²) in [5.41, 5.74) is 5.51. The van der Waals surface area contributed by atoms with Crippen LogP contribution in [0.3, 0.4) is 0 Å². The summed E-state index contributed by atoms with van der Waals surface area (Å²) >= 11 is 1.91. The molecule has 0 spiro atoms. The number of carbonyl (C=O) groups is 1. The Morgan fingerprint density at radius 2 is 2.12 bits per heavy atom. The molecular weight excluding hydrogens is 220 g/mol. The normalized spacial score (nSPS) is 20.7. The van der Waals surface area contributed by atoms with Crippen molar-refractivity contribution < 1.29 is 4.79 Å². The third-order valence-corrected chi connectivity index (χ3v) is 4.91. The van der Waals surface area contributed by atoms with Crippen molar-refractivity contribution in [3.8, 4) is 0 Å². The van der Waals surface area contributed by atoms with Gasteiger partial charge in [-0.15, -0.1) is 0 Å². The zero-order chi connectivity index (χ0) is 12.0. The van der Waals surface area contributed by atoms with Gasteiger partial charge in [-0.05, 0) is 31.6 Å². The molecule has 1 aliphatic rings. The second-order valence-corrected chi connectivity index (χ2v) is 6.19. The predicted molar refractivity (Wildman–Crippen MR) is 70.6 cm³/mol. The molecule has 1 saturated carbocycles. The molecule has 0 aromatic heterocycles. The molecule has 0 heterocycles. The second-order valence-electron chi connectivity index (χ2n) is 4.92. The van der Waals surface area contributed by atoms with Gasteiger partial charge < -0.3 is 11.1 Å². The fraction of sp³-hybridized carbons (Fsp3) is 0.917. The van der Waals surface area contributed by atoms with Crippen LogP contribution in [0.2, 0.25) is 0 Å². The van der Waals surface area contributed by atoms with Gasteiger partial charge in [0.2, 0.25) is 5.91 Å². The third kappa shape index (κ3) is 3.98. The summed E-state index contributed by atoms with van der Waals surface area (Å²) in [5, 5.41) is 3.07. The van der Waals surface area contributed by atoms with Gasteiger partial charge in [-0.2, -0.15) is 11.8 Å². The Balaban J connectivity index is 2.29. The molecule has 1 fully saturated rings. The number of rotatable bonds is 6. The van der Waals surface area contributed by atoms with E-state index in [9.17, 15) is 4.79 Å². The first kappa shape index (κ1) is 13.8. The molecule has 3 nitrogen and oxygen atoms in total. The average molecular weight is 244 g/mol. The first-order valence-electron chi connectivity index (χ1n) is 6.14. The first-order chi connectivity index (χ1) is 7.62. The number of hydrogen-bond acceptors (Lipinski definition) is 3. The quantitative estimate of drug-likeness (QED) is 0.748. The topological polar surface area (TPSA) is 55.1 Å². The number of thioether (sulfide) groups is 1. The maximum Gasteiger partial charge on any atom is 0.220 e. The van der Waals surface area contributed by atoms with Crippen LogP contribution in [0, 0.1) is 5.92 Å². The van der Waals surface area contributed by atoms with E-state index in [0.29, 0.717) is 17.7 Å². The Labute approximate surface area is 103 Å². The molecule has 1 rings (SSSR count). The Morgan fingerprint density at radius 3 is 2.62 bits per heavy atom. The lowest BCUT2D eigenvalue weighted by atomic mass is 10.1. The molecule has 4 heteroatoms. The van der Waals surface area contributed by atoms with Crippen LogP contribution in [0.25, 0.3) is 0 Å². The molecule has 1 aliphatic carbocycles. The van der Waals surface area contributed by atoms with E-state index in [0.717, 1.165) is 6.54 Å². The summed E-state index contributed by atoms with van der Waals surface area (Å²) in [6.45, 7) is 3.42. The molecule has 3 N–H and O–H groups in total. The monoisotopic (exact) mass is 244 g/mol. The van der Waals surface area contributed by atoms with Gasteiger partial charge in [-0.25, -0.2) is 0 Å². The molecule has 0 bridgehead atoms. The van der Waals surface area contributed by atoms with Gasteiger partial charge >= 0.3 is 0 Å². The molecule has 0 saturated heterocycles. The third-order valence-electron chi connectivity index (χ3n) is 3.49. The van der Waals surface area contributed by atoms with Gasteiger partial charge in [0.1, 0.15) is 0 Å². The first-order valence-corrected chi connectivity index (χ1v) is 7.36. The maximum atomic E-state index is 11.7. The van der Waals surface area contributed by atoms with Crippen LogP contribution in [0.4, 0.5) is 0 Å². The highest BCUT2D eigenvalue weighted by atomic mass is 32.2. The predicted octanol–water partition coefficient (Wildman–Crippen LogP) is 1.76. The smallest absolute Gasteiger partial charge is 0.220 e. The van der Waals surface area contributed by atoms with E-state index in [1.807, 2.05) is 18.7 Å². The number of carbonyl (C=O) groups excluding carboxylic acids is 1. The van der Waals surface area contributed by atoms with Crippen molar-refractivity contribution in [3.05, 3.63) is 0 Å². The van der Waals surface area contributed by atoms with E-state index >= 15 is 0 Å². The summed E-state index contributed by atoms with van der Waals surface area (Å²) in [6, 6.07) is 0. The van der Waals surface area contributed by atoms with Crippen LogP contribution in [0.5, 0.6) is 0 Å². The molecular formula is C12H24N2OS. The van der Waals surface area contributed by atoms with Gasteiger partial charge in [-0.3, -0.25) is 4.79 Å². The van der Waals surface area contributed by atoms with Gasteiger partial charge in [0.15, 0.2) is 0 Å². The van der Waals surface area contributed by atoms with Gasteiger partial charge in [0.25, 0.3) is 0 Å². The molecule has 0 aromatic rings. The van der Waals surface area contributed by atoms with E-state index in [4.69, 9.17) is 5.73 Å². The number of nitrogens with two attached hydrogens (primary N) is 1. The fourth-order valence-electron chi connectivity index (χ4n) is 2.20. The lowest BCUT2D eigenvalue weighted by Gasteiger charge is -2.27. The number of amides is 1. The van der Waals surface area contributed by atoms with Crippen LogP contribution in [0.1, 0.15) is 39.0 Å². The number of nitrogens with one attached hydrogen (secondary N) is 1. The van der Waals surface area contributed by atoms with Crippen molar-refractivity contribution in [1.82, 2.24) is 5.32 Å². The van der Waals surface area contributed by atoms with Gasteiger partial charge in [0, 0.05) is 17.7 Å². The van der Waals surface area contributed by atoms with E-state index in [1.165, 1.54) is 25.7 Å². The van der Waals surface area contributed by atoms with Crippen LogP contribution in [-0.4, -0.2) is 30.0 Å². The fourth-order valence-corrected chi connectivity index (χ4v) is 3.12. The van der Waals surface area contributed by atoms with E-state index in [1.54, 1.807) is 0 Å². The highest BCUT2D eigenvalue weighted by Crippen LogP contribution is 2.39. The van der Waals surface area contributed by atoms with Crippen LogP contribution >= 0.6 is 11.8 Å². The second kappa shape index (κ2) is 6.50. The molecule has 1 atom stereocenters.